The second kappa shape index (κ2) is 8.97. The van der Waals surface area contributed by atoms with Gasteiger partial charge in [-0.2, -0.15) is 0 Å². The van der Waals surface area contributed by atoms with E-state index in [1.54, 1.807) is 4.90 Å². The molecule has 2 aromatic rings. The number of nitrogens with two attached hydrogens (primary N) is 1. The Labute approximate surface area is 153 Å². The van der Waals surface area contributed by atoms with Gasteiger partial charge >= 0.3 is 0 Å². The van der Waals surface area contributed by atoms with Gasteiger partial charge in [-0.25, -0.2) is 4.39 Å². The largest absolute Gasteiger partial charge is 0.338 e. The number of hydrogen-bond donors (Lipinski definition) is 1. The van der Waals surface area contributed by atoms with Gasteiger partial charge in [0.25, 0.3) is 5.91 Å². The van der Waals surface area contributed by atoms with Gasteiger partial charge in [0, 0.05) is 25.2 Å². The SMILES string of the molecule is Cl.Cl.NC[C@@H]1CN(C(=O)c2ccncc2F)C[C@H]1c1ccccc1. The molecule has 0 bridgehead atoms. The lowest BCUT2D eigenvalue weighted by Gasteiger charge is -2.17. The molecule has 130 valence electrons. The number of rotatable bonds is 3. The second-order valence-electron chi connectivity index (χ2n) is 5.58. The molecule has 0 unspecified atom stereocenters. The van der Waals surface area contributed by atoms with Gasteiger partial charge in [0.2, 0.25) is 0 Å². The van der Waals surface area contributed by atoms with Gasteiger partial charge in [-0.05, 0) is 24.1 Å². The molecule has 1 aliphatic rings. The van der Waals surface area contributed by atoms with Crippen LogP contribution in [0.2, 0.25) is 0 Å². The topological polar surface area (TPSA) is 59.2 Å². The Kier molecular flexibility index (Phi) is 7.60. The molecular weight excluding hydrogens is 352 g/mol. The van der Waals surface area contributed by atoms with Crippen molar-refractivity contribution >= 4 is 30.7 Å². The van der Waals surface area contributed by atoms with E-state index in [1.165, 1.54) is 17.8 Å². The molecule has 0 spiro atoms. The normalized spacial score (nSPS) is 19.3. The molecule has 1 saturated heterocycles. The summed E-state index contributed by atoms with van der Waals surface area (Å²) in [5.41, 5.74) is 7.11. The number of hydrogen-bond acceptors (Lipinski definition) is 3. The summed E-state index contributed by atoms with van der Waals surface area (Å²) in [6.07, 6.45) is 2.50. The molecule has 2 N–H and O–H groups in total. The van der Waals surface area contributed by atoms with Crippen molar-refractivity contribution in [3.05, 3.63) is 65.7 Å². The van der Waals surface area contributed by atoms with Crippen LogP contribution < -0.4 is 5.73 Å². The predicted molar refractivity (Wildman–Crippen MR) is 96.3 cm³/mol. The van der Waals surface area contributed by atoms with Crippen molar-refractivity contribution in [1.29, 1.82) is 0 Å². The quantitative estimate of drug-likeness (QED) is 0.902. The monoisotopic (exact) mass is 371 g/mol. The van der Waals surface area contributed by atoms with E-state index >= 15 is 0 Å². The van der Waals surface area contributed by atoms with E-state index in [2.05, 4.69) is 4.98 Å². The summed E-state index contributed by atoms with van der Waals surface area (Å²) in [5.74, 6) is -0.493. The first-order chi connectivity index (χ1) is 10.7. The van der Waals surface area contributed by atoms with Crippen molar-refractivity contribution in [3.63, 3.8) is 0 Å². The van der Waals surface area contributed by atoms with Crippen LogP contribution in [0.25, 0.3) is 0 Å². The Morgan fingerprint density at radius 3 is 2.54 bits per heavy atom. The number of likely N-dealkylation sites (tertiary alicyclic amines) is 1. The molecule has 24 heavy (non-hydrogen) atoms. The Morgan fingerprint density at radius 2 is 1.92 bits per heavy atom. The Bertz CT molecular complexity index is 672. The highest BCUT2D eigenvalue weighted by atomic mass is 35.5. The molecule has 1 aromatic heterocycles. The molecule has 4 nitrogen and oxygen atoms in total. The molecule has 7 heteroatoms. The zero-order valence-electron chi connectivity index (χ0n) is 13.0. The van der Waals surface area contributed by atoms with Crippen LogP contribution in [-0.4, -0.2) is 35.4 Å². The lowest BCUT2D eigenvalue weighted by molar-refractivity contribution is 0.0781. The van der Waals surface area contributed by atoms with Gasteiger partial charge < -0.3 is 10.6 Å². The van der Waals surface area contributed by atoms with Crippen molar-refractivity contribution in [2.45, 2.75) is 5.92 Å². The van der Waals surface area contributed by atoms with Gasteiger partial charge in [0.1, 0.15) is 0 Å². The fourth-order valence-electron chi connectivity index (χ4n) is 3.07. The number of amides is 1. The van der Waals surface area contributed by atoms with E-state index < -0.39 is 5.82 Å². The first kappa shape index (κ1) is 20.4. The van der Waals surface area contributed by atoms with Crippen LogP contribution in [0.3, 0.4) is 0 Å². The summed E-state index contributed by atoms with van der Waals surface area (Å²) in [6, 6.07) is 11.4. The molecule has 0 saturated carbocycles. The molecule has 0 aliphatic carbocycles. The number of benzene rings is 1. The molecule has 1 aliphatic heterocycles. The van der Waals surface area contributed by atoms with E-state index in [1.807, 2.05) is 30.3 Å². The lowest BCUT2D eigenvalue weighted by atomic mass is 9.89. The average Bonchev–Trinajstić information content (AvgIpc) is 3.00. The van der Waals surface area contributed by atoms with Crippen LogP contribution in [-0.2, 0) is 0 Å². The average molecular weight is 372 g/mol. The maximum absolute atomic E-state index is 13.8. The van der Waals surface area contributed by atoms with Gasteiger partial charge in [-0.3, -0.25) is 9.78 Å². The summed E-state index contributed by atoms with van der Waals surface area (Å²) in [5, 5.41) is 0. The first-order valence-electron chi connectivity index (χ1n) is 7.34. The maximum atomic E-state index is 13.8. The lowest BCUT2D eigenvalue weighted by Crippen LogP contribution is -2.30. The van der Waals surface area contributed by atoms with E-state index in [0.717, 1.165) is 6.20 Å². The van der Waals surface area contributed by atoms with Gasteiger partial charge in [-0.15, -0.1) is 24.8 Å². The first-order valence-corrected chi connectivity index (χ1v) is 7.34. The molecule has 1 amide bonds. The van der Waals surface area contributed by atoms with E-state index in [4.69, 9.17) is 5.73 Å². The Morgan fingerprint density at radius 1 is 1.21 bits per heavy atom. The highest BCUT2D eigenvalue weighted by Crippen LogP contribution is 2.32. The van der Waals surface area contributed by atoms with Crippen molar-refractivity contribution in [1.82, 2.24) is 9.88 Å². The smallest absolute Gasteiger partial charge is 0.256 e. The molecule has 2 heterocycles. The van der Waals surface area contributed by atoms with E-state index in [-0.39, 0.29) is 48.1 Å². The summed E-state index contributed by atoms with van der Waals surface area (Å²) in [4.78, 5) is 17.9. The number of halogens is 3. The zero-order chi connectivity index (χ0) is 15.5. The van der Waals surface area contributed by atoms with Crippen LogP contribution in [0.4, 0.5) is 4.39 Å². The number of carbonyl (C=O) groups excluding carboxylic acids is 1. The third kappa shape index (κ3) is 4.04. The van der Waals surface area contributed by atoms with Crippen LogP contribution in [0.5, 0.6) is 0 Å². The van der Waals surface area contributed by atoms with Crippen molar-refractivity contribution in [2.24, 2.45) is 11.7 Å². The molecule has 3 rings (SSSR count). The fraction of sp³-hybridized carbons (Fsp3) is 0.294. The van der Waals surface area contributed by atoms with Gasteiger partial charge in [0.05, 0.1) is 11.8 Å². The Balaban J connectivity index is 0.00000144. The molecule has 0 radical (unpaired) electrons. The maximum Gasteiger partial charge on any atom is 0.256 e. The van der Waals surface area contributed by atoms with Gasteiger partial charge in [0.15, 0.2) is 5.82 Å². The zero-order valence-corrected chi connectivity index (χ0v) is 14.6. The fourth-order valence-corrected chi connectivity index (χ4v) is 3.07. The third-order valence-corrected chi connectivity index (χ3v) is 4.26. The molecule has 1 aromatic carbocycles. The van der Waals surface area contributed by atoms with Gasteiger partial charge in [-0.1, -0.05) is 30.3 Å². The van der Waals surface area contributed by atoms with E-state index in [0.29, 0.717) is 19.6 Å². The summed E-state index contributed by atoms with van der Waals surface area (Å²) in [7, 11) is 0. The second-order valence-corrected chi connectivity index (χ2v) is 5.58. The summed E-state index contributed by atoms with van der Waals surface area (Å²) >= 11 is 0. The third-order valence-electron chi connectivity index (χ3n) is 4.26. The Hall–Kier alpha value is -1.69. The molecule has 1 fully saturated rings. The van der Waals surface area contributed by atoms with Crippen molar-refractivity contribution < 1.29 is 9.18 Å². The number of aromatic nitrogens is 1. The van der Waals surface area contributed by atoms with Crippen molar-refractivity contribution in [2.75, 3.05) is 19.6 Å². The predicted octanol–water partition coefficient (Wildman–Crippen LogP) is 2.88. The van der Waals surface area contributed by atoms with E-state index in [9.17, 15) is 9.18 Å². The summed E-state index contributed by atoms with van der Waals surface area (Å²) < 4.78 is 13.8. The molecular formula is C17H20Cl2FN3O. The van der Waals surface area contributed by atoms with Crippen molar-refractivity contribution in [3.8, 4) is 0 Å². The highest BCUT2D eigenvalue weighted by Gasteiger charge is 2.36. The van der Waals surface area contributed by atoms with Crippen LogP contribution in [0.15, 0.2) is 48.8 Å². The minimum atomic E-state index is -0.583. The summed E-state index contributed by atoms with van der Waals surface area (Å²) in [6.45, 7) is 1.62. The number of nitrogens with zero attached hydrogens (tertiary/aromatic N) is 2. The minimum Gasteiger partial charge on any atom is -0.338 e. The van der Waals surface area contributed by atoms with Crippen LogP contribution in [0, 0.1) is 11.7 Å². The number of carbonyl (C=O) groups is 1. The molecule has 2 atom stereocenters. The van der Waals surface area contributed by atoms with Crippen LogP contribution in [0.1, 0.15) is 21.8 Å². The van der Waals surface area contributed by atoms with Crippen LogP contribution >= 0.6 is 24.8 Å². The minimum absolute atomic E-state index is 0. The highest BCUT2D eigenvalue weighted by molar-refractivity contribution is 5.94. The number of pyridine rings is 1. The standard InChI is InChI=1S/C17H18FN3O.2ClH/c18-16-9-20-7-6-14(16)17(22)21-10-13(8-19)15(11-21)12-4-2-1-3-5-12;;/h1-7,9,13,15H,8,10-11,19H2;2*1H/t13-,15+;;/m1../s1.